The molecule has 4 aromatic rings. The Hall–Kier alpha value is -2.31. The molecule has 0 nitrogen and oxygen atoms in total. The first kappa shape index (κ1) is 46.4. The minimum absolute atomic E-state index is 0. The SMILES string of the molecule is CC1=[C]([Zr+2](=[C](c2ccc(C(C)(C)C)cc2)c2ccc(C(C)(C)C)cc2)[CH]2c3cc(C(C)(C)C)ccc3-c3ccc(C(C)(C)C)cc32)C(C)C=C1C(C)(C)C.[Cl-].[Cl-]. The fourth-order valence-corrected chi connectivity index (χ4v) is 18.8. The third-order valence-electron chi connectivity index (χ3n) is 12.2. The van der Waals surface area contributed by atoms with Gasteiger partial charge in [-0.2, -0.15) is 0 Å². The van der Waals surface area contributed by atoms with Gasteiger partial charge in [0.1, 0.15) is 0 Å². The standard InChI is InChI=1S/C21H25.C21H26.C11H17.2ClH.Zr/c1-20(2,3)16-7-9-18-14(12-16)11-15-13-17(21(4,5)6)8-10-19(15)18;1-20(2,3)18-11-7-16(8-12-18)15-17-9-13-19(14-10-17)21(4,5)6;1-8-6-9(2)10(7-8)11(3,4)5;;;/h7-13H,1-6H3;7-14H,1-6H3;7-8H,1-5H3;2*1H;/q;;;;;+2/p-2. The van der Waals surface area contributed by atoms with E-state index >= 15 is 0 Å². The van der Waals surface area contributed by atoms with E-state index in [0.29, 0.717) is 9.54 Å². The monoisotopic (exact) mass is 864 g/mol. The first-order chi connectivity index (χ1) is 24.8. The molecule has 0 bridgehead atoms. The molecular formula is C53H68Cl2Zr. The smallest absolute Gasteiger partial charge is 1.00 e. The number of hydrogen-bond donors (Lipinski definition) is 0. The van der Waals surface area contributed by atoms with Crippen LogP contribution in [0.3, 0.4) is 0 Å². The first-order valence-corrected chi connectivity index (χ1v) is 24.4. The van der Waals surface area contributed by atoms with Crippen molar-refractivity contribution in [1.82, 2.24) is 0 Å². The predicted octanol–water partition coefficient (Wildman–Crippen LogP) is 8.74. The Kier molecular flexibility index (Phi) is 13.3. The molecule has 1 unspecified atom stereocenters. The van der Waals surface area contributed by atoms with Crippen LogP contribution in [0.25, 0.3) is 11.1 Å². The van der Waals surface area contributed by atoms with Crippen molar-refractivity contribution in [3.05, 3.63) is 150 Å². The van der Waals surface area contributed by atoms with Crippen LogP contribution in [0.5, 0.6) is 0 Å². The van der Waals surface area contributed by atoms with Gasteiger partial charge in [0, 0.05) is 0 Å². The quantitative estimate of drug-likeness (QED) is 0.193. The zero-order chi connectivity index (χ0) is 39.9. The molecule has 6 rings (SSSR count). The number of rotatable bonds is 4. The molecule has 56 heavy (non-hydrogen) atoms. The average molecular weight is 867 g/mol. The van der Waals surface area contributed by atoms with Gasteiger partial charge in [-0.05, 0) is 0 Å². The minimum Gasteiger partial charge on any atom is -1.00 e. The Morgan fingerprint density at radius 2 is 0.804 bits per heavy atom. The van der Waals surface area contributed by atoms with Crippen LogP contribution in [0.1, 0.15) is 166 Å². The van der Waals surface area contributed by atoms with Gasteiger partial charge in [-0.25, -0.2) is 0 Å². The Bertz CT molecular complexity index is 2050. The molecule has 0 heterocycles. The van der Waals surface area contributed by atoms with Crippen LogP contribution in [0, 0.1) is 11.3 Å². The van der Waals surface area contributed by atoms with Crippen molar-refractivity contribution in [3.63, 3.8) is 0 Å². The van der Waals surface area contributed by atoms with Crippen LogP contribution < -0.4 is 24.8 Å². The molecule has 0 spiro atoms. The van der Waals surface area contributed by atoms with E-state index < -0.39 is 21.3 Å². The van der Waals surface area contributed by atoms with Gasteiger partial charge in [-0.1, -0.05) is 0 Å². The summed E-state index contributed by atoms with van der Waals surface area (Å²) in [4.78, 5) is 0. The molecule has 2 aliphatic rings. The molecule has 0 amide bonds. The van der Waals surface area contributed by atoms with Crippen molar-refractivity contribution < 1.29 is 46.1 Å². The largest absolute Gasteiger partial charge is 1.00 e. The molecule has 3 heteroatoms. The van der Waals surface area contributed by atoms with Gasteiger partial charge in [0.25, 0.3) is 0 Å². The van der Waals surface area contributed by atoms with E-state index in [1.807, 2.05) is 0 Å². The van der Waals surface area contributed by atoms with E-state index in [2.05, 4.69) is 209 Å². The normalized spacial score (nSPS) is 16.0. The van der Waals surface area contributed by atoms with E-state index in [9.17, 15) is 0 Å². The van der Waals surface area contributed by atoms with E-state index in [4.69, 9.17) is 0 Å². The Morgan fingerprint density at radius 1 is 0.464 bits per heavy atom. The van der Waals surface area contributed by atoms with Gasteiger partial charge < -0.3 is 24.8 Å². The molecule has 0 radical (unpaired) electrons. The predicted molar refractivity (Wildman–Crippen MR) is 234 cm³/mol. The summed E-state index contributed by atoms with van der Waals surface area (Å²) >= 11 is -3.06. The maximum absolute atomic E-state index is 3.06. The summed E-state index contributed by atoms with van der Waals surface area (Å²) in [6, 6.07) is 34.6. The zero-order valence-electron chi connectivity index (χ0n) is 37.6. The van der Waals surface area contributed by atoms with Crippen LogP contribution in [-0.4, -0.2) is 3.21 Å². The van der Waals surface area contributed by atoms with Crippen molar-refractivity contribution in [2.75, 3.05) is 0 Å². The molecule has 1 atom stereocenters. The maximum atomic E-state index is 2.64. The summed E-state index contributed by atoms with van der Waals surface area (Å²) in [7, 11) is 0. The summed E-state index contributed by atoms with van der Waals surface area (Å²) < 4.78 is 3.75. The first-order valence-electron chi connectivity index (χ1n) is 20.5. The van der Waals surface area contributed by atoms with Crippen LogP contribution >= 0.6 is 0 Å². The fourth-order valence-electron chi connectivity index (χ4n) is 8.90. The van der Waals surface area contributed by atoms with Gasteiger partial charge in [0.05, 0.1) is 0 Å². The van der Waals surface area contributed by atoms with Gasteiger partial charge in [-0.3, -0.25) is 0 Å². The second kappa shape index (κ2) is 16.0. The number of hydrogen-bond acceptors (Lipinski definition) is 0. The van der Waals surface area contributed by atoms with E-state index in [0.717, 1.165) is 0 Å². The number of allylic oxidation sites excluding steroid dienone is 4. The van der Waals surface area contributed by atoms with Gasteiger partial charge >= 0.3 is 340 Å². The summed E-state index contributed by atoms with van der Waals surface area (Å²) in [5.74, 6) is 0.399. The number of halogens is 2. The molecule has 0 saturated carbocycles. The van der Waals surface area contributed by atoms with Gasteiger partial charge in [0.15, 0.2) is 0 Å². The molecule has 0 N–H and O–H groups in total. The molecule has 0 fully saturated rings. The fraction of sp³-hybridized carbons (Fsp3) is 0.453. The van der Waals surface area contributed by atoms with Crippen LogP contribution in [0.15, 0.2) is 105 Å². The van der Waals surface area contributed by atoms with Crippen molar-refractivity contribution >= 4 is 3.21 Å². The minimum atomic E-state index is -3.06. The molecular weight excluding hydrogens is 799 g/mol. The second-order valence-corrected chi connectivity index (χ2v) is 27.6. The van der Waals surface area contributed by atoms with Crippen molar-refractivity contribution in [2.45, 2.75) is 143 Å². The zero-order valence-corrected chi connectivity index (χ0v) is 41.5. The second-order valence-electron chi connectivity index (χ2n) is 21.6. The van der Waals surface area contributed by atoms with Gasteiger partial charge in [0.2, 0.25) is 0 Å². The van der Waals surface area contributed by atoms with Crippen molar-refractivity contribution in [1.29, 1.82) is 0 Å². The summed E-state index contributed by atoms with van der Waals surface area (Å²) in [6.45, 7) is 40.5. The summed E-state index contributed by atoms with van der Waals surface area (Å²) in [5, 5.41) is 0. The average Bonchev–Trinajstić information content (AvgIpc) is 3.54. The Labute approximate surface area is 362 Å². The molecule has 0 aromatic heterocycles. The van der Waals surface area contributed by atoms with Crippen molar-refractivity contribution in [3.8, 4) is 11.1 Å². The molecule has 2 aliphatic carbocycles. The van der Waals surface area contributed by atoms with E-state index in [1.54, 1.807) is 28.8 Å². The van der Waals surface area contributed by atoms with Gasteiger partial charge in [-0.15, -0.1) is 0 Å². The van der Waals surface area contributed by atoms with Crippen LogP contribution in [0.2, 0.25) is 0 Å². The van der Waals surface area contributed by atoms with E-state index in [1.165, 1.54) is 44.5 Å². The topological polar surface area (TPSA) is 0 Å². The molecule has 4 aromatic carbocycles. The Morgan fingerprint density at radius 3 is 1.11 bits per heavy atom. The number of benzene rings is 4. The Balaban J connectivity index is 0.00000348. The van der Waals surface area contributed by atoms with Crippen molar-refractivity contribution in [2.24, 2.45) is 11.3 Å². The summed E-state index contributed by atoms with van der Waals surface area (Å²) in [6.07, 6.45) is 2.64. The third-order valence-corrected chi connectivity index (χ3v) is 21.3. The van der Waals surface area contributed by atoms with E-state index in [-0.39, 0.29) is 51.9 Å². The number of fused-ring (bicyclic) bond motifs is 3. The third kappa shape index (κ3) is 8.97. The summed E-state index contributed by atoms with van der Waals surface area (Å²) in [5.41, 5.74) is 18.0. The van der Waals surface area contributed by atoms with Crippen LogP contribution in [-0.2, 0) is 42.9 Å². The molecule has 0 aliphatic heterocycles. The van der Waals surface area contributed by atoms with Crippen LogP contribution in [0.4, 0.5) is 0 Å². The maximum Gasteiger partial charge on any atom is -1.00 e. The molecule has 298 valence electrons. The molecule has 0 saturated heterocycles.